The minimum absolute atomic E-state index is 0. The van der Waals surface area contributed by atoms with Gasteiger partial charge in [-0.3, -0.25) is 4.79 Å². The van der Waals surface area contributed by atoms with Gasteiger partial charge in [-0.05, 0) is 36.5 Å². The lowest BCUT2D eigenvalue weighted by Gasteiger charge is -2.34. The molecule has 0 bridgehead atoms. The van der Waals surface area contributed by atoms with E-state index in [1.807, 2.05) is 0 Å². The minimum Gasteiger partial charge on any atom is -0.383 e. The molecule has 1 fully saturated rings. The summed E-state index contributed by atoms with van der Waals surface area (Å²) in [7, 11) is -1.96. The number of amides is 1. The Kier molecular flexibility index (Phi) is 10.4. The van der Waals surface area contributed by atoms with Gasteiger partial charge in [-0.1, -0.05) is 19.9 Å². The van der Waals surface area contributed by atoms with Crippen molar-refractivity contribution in [2.45, 2.75) is 25.2 Å². The summed E-state index contributed by atoms with van der Waals surface area (Å²) in [5.74, 6) is 0.391. The predicted molar refractivity (Wildman–Crippen MR) is 112 cm³/mol. The number of hydrogen-bond donors (Lipinski definition) is 2. The second kappa shape index (κ2) is 11.7. The standard InChI is InChI=1S/C19H31N3O4S.ClH/c1-15-11-16(2)14-22(13-15)27(24,25)18-6-4-5-17(12-18)19(23)21-8-7-20-9-10-26-3;/h4-6,12,15-16,20H,7-11,13-14H2,1-3H3,(H,21,23);1H. The van der Waals surface area contributed by atoms with Crippen molar-refractivity contribution in [3.63, 3.8) is 0 Å². The van der Waals surface area contributed by atoms with Gasteiger partial charge in [0.15, 0.2) is 0 Å². The molecule has 1 aromatic carbocycles. The summed E-state index contributed by atoms with van der Waals surface area (Å²) in [5.41, 5.74) is 0.353. The molecule has 0 aliphatic carbocycles. The number of ether oxygens (including phenoxy) is 1. The average molecular weight is 434 g/mol. The van der Waals surface area contributed by atoms with Crippen molar-refractivity contribution in [2.24, 2.45) is 11.8 Å². The molecule has 2 atom stereocenters. The zero-order valence-corrected chi connectivity index (χ0v) is 18.4. The van der Waals surface area contributed by atoms with Crippen molar-refractivity contribution in [1.82, 2.24) is 14.9 Å². The predicted octanol–water partition coefficient (Wildman–Crippen LogP) is 1.74. The van der Waals surface area contributed by atoms with Crippen molar-refractivity contribution >= 4 is 28.3 Å². The highest BCUT2D eigenvalue weighted by atomic mass is 35.5. The van der Waals surface area contributed by atoms with E-state index < -0.39 is 10.0 Å². The van der Waals surface area contributed by atoms with Gasteiger partial charge < -0.3 is 15.4 Å². The first kappa shape index (κ1) is 24.8. The van der Waals surface area contributed by atoms with Crippen molar-refractivity contribution in [1.29, 1.82) is 0 Å². The molecular weight excluding hydrogens is 402 g/mol. The molecule has 1 aliphatic heterocycles. The lowest BCUT2D eigenvalue weighted by molar-refractivity contribution is 0.0953. The third-order valence-electron chi connectivity index (χ3n) is 4.64. The average Bonchev–Trinajstić information content (AvgIpc) is 2.63. The summed E-state index contributed by atoms with van der Waals surface area (Å²) < 4.78 is 32.5. The van der Waals surface area contributed by atoms with Crippen LogP contribution in [-0.2, 0) is 14.8 Å². The van der Waals surface area contributed by atoms with Crippen LogP contribution in [0.1, 0.15) is 30.6 Å². The minimum atomic E-state index is -3.59. The SMILES string of the molecule is COCCNCCNC(=O)c1cccc(S(=O)(=O)N2CC(C)CC(C)C2)c1.Cl. The molecule has 7 nitrogen and oxygen atoms in total. The molecule has 1 amide bonds. The Balaban J connectivity index is 0.00000392. The second-order valence-corrected chi connectivity index (χ2v) is 9.23. The van der Waals surface area contributed by atoms with Crippen LogP contribution in [-0.4, -0.2) is 65.1 Å². The van der Waals surface area contributed by atoms with Gasteiger partial charge in [0, 0.05) is 45.4 Å². The molecule has 9 heteroatoms. The smallest absolute Gasteiger partial charge is 0.251 e. The summed E-state index contributed by atoms with van der Waals surface area (Å²) in [5, 5.41) is 5.94. The number of benzene rings is 1. The van der Waals surface area contributed by atoms with Gasteiger partial charge in [-0.15, -0.1) is 12.4 Å². The van der Waals surface area contributed by atoms with E-state index in [4.69, 9.17) is 4.74 Å². The quantitative estimate of drug-likeness (QED) is 0.579. The highest BCUT2D eigenvalue weighted by Gasteiger charge is 2.31. The van der Waals surface area contributed by atoms with E-state index >= 15 is 0 Å². The number of sulfonamides is 1. The zero-order valence-electron chi connectivity index (χ0n) is 16.8. The first-order valence-corrected chi connectivity index (χ1v) is 10.9. The number of hydrogen-bond acceptors (Lipinski definition) is 5. The van der Waals surface area contributed by atoms with Crippen LogP contribution < -0.4 is 10.6 Å². The fourth-order valence-corrected chi connectivity index (χ4v) is 5.14. The number of rotatable bonds is 9. The van der Waals surface area contributed by atoms with Gasteiger partial charge in [-0.25, -0.2) is 8.42 Å². The number of methoxy groups -OCH3 is 1. The lowest BCUT2D eigenvalue weighted by Crippen LogP contribution is -2.42. The molecule has 160 valence electrons. The van der Waals surface area contributed by atoms with Crippen LogP contribution in [0.15, 0.2) is 29.2 Å². The zero-order chi connectivity index (χ0) is 19.9. The number of carbonyl (C=O) groups is 1. The maximum Gasteiger partial charge on any atom is 0.251 e. The van der Waals surface area contributed by atoms with Crippen LogP contribution in [0.25, 0.3) is 0 Å². The Labute approximate surface area is 174 Å². The number of carbonyl (C=O) groups excluding carboxylic acids is 1. The number of nitrogens with one attached hydrogen (secondary N) is 2. The number of piperidine rings is 1. The highest BCUT2D eigenvalue weighted by Crippen LogP contribution is 2.26. The third kappa shape index (κ3) is 7.00. The summed E-state index contributed by atoms with van der Waals surface area (Å²) in [6.45, 7) is 7.60. The van der Waals surface area contributed by atoms with Gasteiger partial charge in [-0.2, -0.15) is 4.31 Å². The Morgan fingerprint density at radius 2 is 1.86 bits per heavy atom. The van der Waals surface area contributed by atoms with Gasteiger partial charge in [0.2, 0.25) is 10.0 Å². The van der Waals surface area contributed by atoms with Crippen LogP contribution in [0.3, 0.4) is 0 Å². The van der Waals surface area contributed by atoms with Gasteiger partial charge in [0.1, 0.15) is 0 Å². The molecule has 0 spiro atoms. The maximum atomic E-state index is 13.0. The molecule has 1 saturated heterocycles. The van der Waals surface area contributed by atoms with Crippen molar-refractivity contribution in [3.05, 3.63) is 29.8 Å². The summed E-state index contributed by atoms with van der Waals surface area (Å²) in [4.78, 5) is 12.5. The molecule has 0 saturated carbocycles. The summed E-state index contributed by atoms with van der Waals surface area (Å²) >= 11 is 0. The Morgan fingerprint density at radius 3 is 2.50 bits per heavy atom. The van der Waals surface area contributed by atoms with Crippen LogP contribution in [0, 0.1) is 11.8 Å². The van der Waals surface area contributed by atoms with Crippen LogP contribution >= 0.6 is 12.4 Å². The molecular formula is C19H32ClN3O4S. The van der Waals surface area contributed by atoms with Crippen LogP contribution in [0.2, 0.25) is 0 Å². The third-order valence-corrected chi connectivity index (χ3v) is 6.47. The molecule has 1 heterocycles. The maximum absolute atomic E-state index is 13.0. The van der Waals surface area contributed by atoms with E-state index in [0.717, 1.165) is 6.42 Å². The fraction of sp³-hybridized carbons (Fsp3) is 0.632. The van der Waals surface area contributed by atoms with E-state index in [1.54, 1.807) is 29.6 Å². The van der Waals surface area contributed by atoms with E-state index in [0.29, 0.717) is 56.7 Å². The van der Waals surface area contributed by atoms with Crippen molar-refractivity contribution in [2.75, 3.05) is 46.4 Å². The van der Waals surface area contributed by atoms with Crippen molar-refractivity contribution < 1.29 is 17.9 Å². The van der Waals surface area contributed by atoms with Gasteiger partial charge in [0.05, 0.1) is 11.5 Å². The van der Waals surface area contributed by atoms with Crippen LogP contribution in [0.5, 0.6) is 0 Å². The van der Waals surface area contributed by atoms with Gasteiger partial charge >= 0.3 is 0 Å². The number of halogens is 1. The Hall–Kier alpha value is -1.19. The Morgan fingerprint density at radius 1 is 1.18 bits per heavy atom. The first-order valence-electron chi connectivity index (χ1n) is 9.42. The van der Waals surface area contributed by atoms with E-state index in [2.05, 4.69) is 24.5 Å². The number of nitrogens with zero attached hydrogens (tertiary/aromatic N) is 1. The van der Waals surface area contributed by atoms with Crippen molar-refractivity contribution in [3.8, 4) is 0 Å². The highest BCUT2D eigenvalue weighted by molar-refractivity contribution is 7.89. The molecule has 0 aromatic heterocycles. The monoisotopic (exact) mass is 433 g/mol. The van der Waals surface area contributed by atoms with Gasteiger partial charge in [0.25, 0.3) is 5.91 Å². The van der Waals surface area contributed by atoms with Crippen LogP contribution in [0.4, 0.5) is 0 Å². The topological polar surface area (TPSA) is 87.7 Å². The van der Waals surface area contributed by atoms with E-state index in [9.17, 15) is 13.2 Å². The van der Waals surface area contributed by atoms with E-state index in [1.165, 1.54) is 6.07 Å². The molecule has 1 aromatic rings. The molecule has 2 rings (SSSR count). The van der Waals surface area contributed by atoms with E-state index in [-0.39, 0.29) is 23.2 Å². The largest absolute Gasteiger partial charge is 0.383 e. The summed E-state index contributed by atoms with van der Waals surface area (Å²) in [6.07, 6.45) is 1.03. The second-order valence-electron chi connectivity index (χ2n) is 7.29. The molecule has 2 N–H and O–H groups in total. The fourth-order valence-electron chi connectivity index (χ4n) is 3.41. The molecule has 0 radical (unpaired) electrons. The molecule has 1 aliphatic rings. The first-order chi connectivity index (χ1) is 12.8. The molecule has 2 unspecified atom stereocenters. The molecule has 28 heavy (non-hydrogen) atoms. The lowest BCUT2D eigenvalue weighted by atomic mass is 9.94. The Bertz CT molecular complexity index is 720. The summed E-state index contributed by atoms with van der Waals surface area (Å²) in [6, 6.07) is 6.28. The normalized spacial score (nSPS) is 20.4.